The molecule has 0 radical (unpaired) electrons. The van der Waals surface area contributed by atoms with Gasteiger partial charge in [-0.2, -0.15) is 0 Å². The number of rotatable bonds is 3. The lowest BCUT2D eigenvalue weighted by Crippen LogP contribution is -2.21. The van der Waals surface area contributed by atoms with Gasteiger partial charge in [0.2, 0.25) is 5.90 Å². The molecule has 3 rings (SSSR count). The van der Waals surface area contributed by atoms with E-state index in [0.717, 1.165) is 4.88 Å². The van der Waals surface area contributed by atoms with Crippen LogP contribution in [0.2, 0.25) is 0 Å². The second-order valence-electron chi connectivity index (χ2n) is 4.22. The third-order valence-electron chi connectivity index (χ3n) is 2.80. The van der Waals surface area contributed by atoms with Gasteiger partial charge in [0.05, 0.1) is 10.8 Å². The van der Waals surface area contributed by atoms with Crippen molar-refractivity contribution in [2.75, 3.05) is 0 Å². The number of ether oxygens (including phenoxy) is 1. The van der Waals surface area contributed by atoms with Crippen LogP contribution in [-0.2, 0) is 9.53 Å². The van der Waals surface area contributed by atoms with Gasteiger partial charge in [0.1, 0.15) is 0 Å². The van der Waals surface area contributed by atoms with Crippen LogP contribution in [0.25, 0.3) is 6.08 Å². The Kier molecular flexibility index (Phi) is 3.37. The van der Waals surface area contributed by atoms with Crippen molar-refractivity contribution < 1.29 is 19.4 Å². The highest BCUT2D eigenvalue weighted by Crippen LogP contribution is 2.21. The van der Waals surface area contributed by atoms with Gasteiger partial charge in [-0.1, -0.05) is 30.3 Å². The third-order valence-corrected chi connectivity index (χ3v) is 3.66. The molecule has 0 bridgehead atoms. The first kappa shape index (κ1) is 13.3. The van der Waals surface area contributed by atoms with Crippen molar-refractivity contribution in [1.29, 1.82) is 0 Å². The molecular formula is C15H8NO4S-. The lowest BCUT2D eigenvalue weighted by atomic mass is 10.1. The van der Waals surface area contributed by atoms with Crippen molar-refractivity contribution in [3.8, 4) is 0 Å². The lowest BCUT2D eigenvalue weighted by Gasteiger charge is -2.01. The lowest BCUT2D eigenvalue weighted by molar-refractivity contribution is -0.255. The number of thiophene rings is 1. The number of hydrogen-bond acceptors (Lipinski definition) is 6. The van der Waals surface area contributed by atoms with Gasteiger partial charge in [0, 0.05) is 0 Å². The first-order chi connectivity index (χ1) is 10.1. The molecule has 0 fully saturated rings. The van der Waals surface area contributed by atoms with Gasteiger partial charge in [0.15, 0.2) is 5.70 Å². The predicted octanol–water partition coefficient (Wildman–Crippen LogP) is 1.46. The minimum absolute atomic E-state index is 0.0777. The van der Waals surface area contributed by atoms with Crippen LogP contribution in [0.3, 0.4) is 0 Å². The Labute approximate surface area is 123 Å². The highest BCUT2D eigenvalue weighted by Gasteiger charge is 2.24. The first-order valence-corrected chi connectivity index (χ1v) is 6.89. The van der Waals surface area contributed by atoms with Crippen LogP contribution in [0, 0.1) is 0 Å². The van der Waals surface area contributed by atoms with Crippen LogP contribution in [-0.4, -0.2) is 17.8 Å². The summed E-state index contributed by atoms with van der Waals surface area (Å²) in [6.45, 7) is 0. The van der Waals surface area contributed by atoms with E-state index in [1.807, 2.05) is 17.5 Å². The molecule has 0 N–H and O–H groups in total. The molecule has 0 spiro atoms. The average molecular weight is 298 g/mol. The summed E-state index contributed by atoms with van der Waals surface area (Å²) >= 11 is 1.43. The van der Waals surface area contributed by atoms with Crippen LogP contribution in [0.5, 0.6) is 0 Å². The summed E-state index contributed by atoms with van der Waals surface area (Å²) in [6.07, 6.45) is 1.54. The zero-order chi connectivity index (χ0) is 14.8. The summed E-state index contributed by atoms with van der Waals surface area (Å²) in [5.74, 6) is -1.48. The van der Waals surface area contributed by atoms with Gasteiger partial charge in [-0.05, 0) is 28.6 Å². The summed E-state index contributed by atoms with van der Waals surface area (Å²) in [5, 5.41) is 12.5. The molecule has 5 nitrogen and oxygen atoms in total. The van der Waals surface area contributed by atoms with Crippen molar-refractivity contribution >= 4 is 35.2 Å². The van der Waals surface area contributed by atoms with Gasteiger partial charge in [-0.15, -0.1) is 11.3 Å². The molecule has 6 heteroatoms. The SMILES string of the molecule is O=C1OC(c2cccs2)=N/C1=C\c1ccc(C(=O)[O-])cc1. The second kappa shape index (κ2) is 5.34. The molecular weight excluding hydrogens is 290 g/mol. The molecule has 1 aliphatic heterocycles. The van der Waals surface area contributed by atoms with Crippen LogP contribution < -0.4 is 5.11 Å². The zero-order valence-corrected chi connectivity index (χ0v) is 11.4. The largest absolute Gasteiger partial charge is 0.545 e. The molecule has 0 atom stereocenters. The van der Waals surface area contributed by atoms with Crippen LogP contribution in [0.1, 0.15) is 20.8 Å². The number of esters is 1. The number of benzene rings is 1. The fourth-order valence-electron chi connectivity index (χ4n) is 1.79. The number of carbonyl (C=O) groups excluding carboxylic acids is 2. The topological polar surface area (TPSA) is 78.8 Å². The van der Waals surface area contributed by atoms with E-state index in [9.17, 15) is 14.7 Å². The van der Waals surface area contributed by atoms with Crippen molar-refractivity contribution in [2.24, 2.45) is 4.99 Å². The summed E-state index contributed by atoms with van der Waals surface area (Å²) < 4.78 is 5.10. The van der Waals surface area contributed by atoms with E-state index in [1.54, 1.807) is 18.2 Å². The second-order valence-corrected chi connectivity index (χ2v) is 5.17. The first-order valence-electron chi connectivity index (χ1n) is 6.01. The molecule has 2 heterocycles. The van der Waals surface area contributed by atoms with E-state index in [4.69, 9.17) is 4.74 Å². The van der Waals surface area contributed by atoms with Crippen molar-refractivity contribution in [2.45, 2.75) is 0 Å². The number of nitrogens with zero attached hydrogens (tertiary/aromatic N) is 1. The van der Waals surface area contributed by atoms with E-state index < -0.39 is 11.9 Å². The van der Waals surface area contributed by atoms with Crippen LogP contribution in [0.4, 0.5) is 0 Å². The highest BCUT2D eigenvalue weighted by atomic mass is 32.1. The van der Waals surface area contributed by atoms with Crippen molar-refractivity contribution in [3.05, 3.63) is 63.5 Å². The molecule has 0 aliphatic carbocycles. The fraction of sp³-hybridized carbons (Fsp3) is 0. The van der Waals surface area contributed by atoms with Gasteiger partial charge in [-0.25, -0.2) is 9.79 Å². The Bertz CT molecular complexity index is 757. The maximum atomic E-state index is 11.8. The maximum absolute atomic E-state index is 11.8. The molecule has 104 valence electrons. The Balaban J connectivity index is 1.89. The summed E-state index contributed by atoms with van der Waals surface area (Å²) in [5.41, 5.74) is 0.914. The van der Waals surface area contributed by atoms with E-state index in [1.165, 1.54) is 23.5 Å². The molecule has 0 saturated heterocycles. The summed E-state index contributed by atoms with van der Waals surface area (Å²) in [6, 6.07) is 9.62. The molecule has 21 heavy (non-hydrogen) atoms. The monoisotopic (exact) mass is 298 g/mol. The van der Waals surface area contributed by atoms with E-state index in [0.29, 0.717) is 5.56 Å². The summed E-state index contributed by atoms with van der Waals surface area (Å²) in [4.78, 5) is 27.3. The van der Waals surface area contributed by atoms with Gasteiger partial charge < -0.3 is 14.6 Å². The Morgan fingerprint density at radius 1 is 1.24 bits per heavy atom. The molecule has 1 aromatic carbocycles. The van der Waals surface area contributed by atoms with Crippen LogP contribution in [0.15, 0.2) is 52.5 Å². The van der Waals surface area contributed by atoms with Gasteiger partial charge in [0.25, 0.3) is 0 Å². The Morgan fingerprint density at radius 2 is 2.00 bits per heavy atom. The quantitative estimate of drug-likeness (QED) is 0.634. The van der Waals surface area contributed by atoms with E-state index in [-0.39, 0.29) is 17.2 Å². The average Bonchev–Trinajstić information content (AvgIpc) is 3.10. The molecule has 2 aromatic rings. The molecule has 0 amide bonds. The number of carboxylic acids is 1. The Hall–Kier alpha value is -2.73. The maximum Gasteiger partial charge on any atom is 0.363 e. The normalized spacial score (nSPS) is 15.9. The highest BCUT2D eigenvalue weighted by molar-refractivity contribution is 7.12. The molecule has 0 unspecified atom stereocenters. The fourth-order valence-corrected chi connectivity index (χ4v) is 2.44. The standard InChI is InChI=1S/C15H9NO4S/c17-14(18)10-5-3-9(4-6-10)8-11-15(19)20-13(16-11)12-2-1-7-21-12/h1-8H,(H,17,18)/p-1/b11-8-. The van der Waals surface area contributed by atoms with Crippen molar-refractivity contribution in [1.82, 2.24) is 0 Å². The minimum atomic E-state index is -1.24. The Morgan fingerprint density at radius 3 is 2.62 bits per heavy atom. The number of carboxylic acid groups (broad SMARTS) is 1. The minimum Gasteiger partial charge on any atom is -0.545 e. The third kappa shape index (κ3) is 2.75. The number of aliphatic imine (C=N–C) groups is 1. The van der Waals surface area contributed by atoms with Crippen LogP contribution >= 0.6 is 11.3 Å². The number of carbonyl (C=O) groups is 2. The predicted molar refractivity (Wildman–Crippen MR) is 75.7 cm³/mol. The zero-order valence-electron chi connectivity index (χ0n) is 10.6. The number of aromatic carboxylic acids is 1. The molecule has 0 saturated carbocycles. The van der Waals surface area contributed by atoms with E-state index in [2.05, 4.69) is 4.99 Å². The van der Waals surface area contributed by atoms with Gasteiger partial charge in [-0.3, -0.25) is 0 Å². The smallest absolute Gasteiger partial charge is 0.363 e. The molecule has 1 aromatic heterocycles. The number of hydrogen-bond donors (Lipinski definition) is 0. The van der Waals surface area contributed by atoms with E-state index >= 15 is 0 Å². The van der Waals surface area contributed by atoms with Gasteiger partial charge >= 0.3 is 5.97 Å². The molecule has 1 aliphatic rings. The number of cyclic esters (lactones) is 1. The van der Waals surface area contributed by atoms with Crippen molar-refractivity contribution in [3.63, 3.8) is 0 Å². The summed E-state index contributed by atoms with van der Waals surface area (Å²) in [7, 11) is 0.